The van der Waals surface area contributed by atoms with E-state index >= 15 is 0 Å². The first-order valence-electron chi connectivity index (χ1n) is 7.24. The van der Waals surface area contributed by atoms with Crippen molar-refractivity contribution in [1.29, 1.82) is 0 Å². The van der Waals surface area contributed by atoms with Gasteiger partial charge in [-0.1, -0.05) is 23.5 Å². The average molecular weight is 318 g/mol. The molecule has 0 radical (unpaired) electrons. The van der Waals surface area contributed by atoms with E-state index in [4.69, 9.17) is 0 Å². The number of amides is 3. The van der Waals surface area contributed by atoms with Crippen molar-refractivity contribution in [3.8, 4) is 0 Å². The van der Waals surface area contributed by atoms with Gasteiger partial charge >= 0.3 is 0 Å². The van der Waals surface area contributed by atoms with Crippen molar-refractivity contribution < 1.29 is 14.4 Å². The molecule has 4 atom stereocenters. The zero-order valence-electron chi connectivity index (χ0n) is 11.6. The number of likely N-dealkylation sites (tertiary alicyclic amines) is 1. The lowest BCUT2D eigenvalue weighted by Crippen LogP contribution is -2.35. The molecule has 0 aromatic carbocycles. The molecule has 1 aliphatic heterocycles. The Labute approximate surface area is 130 Å². The number of allylic oxidation sites excluding steroid dienone is 2. The Morgan fingerprint density at radius 1 is 1.27 bits per heavy atom. The Hall–Kier alpha value is -2.09. The molecule has 1 aromatic heterocycles. The summed E-state index contributed by atoms with van der Waals surface area (Å²) in [7, 11) is 0. The molecule has 7 nitrogen and oxygen atoms in total. The summed E-state index contributed by atoms with van der Waals surface area (Å²) in [5, 5.41) is 10.4. The largest absolute Gasteiger partial charge is 0.300 e. The van der Waals surface area contributed by atoms with Crippen molar-refractivity contribution in [3.05, 3.63) is 17.7 Å². The van der Waals surface area contributed by atoms with Crippen LogP contribution in [0.25, 0.3) is 0 Å². The standard InChI is InChI=1S/C14H14N4O3S/c19-9(16-14-17-15-6-22-14)3-4-18-12(20)10-7-1-2-8(5-7)11(10)13(18)21/h1-2,6-8,10-11H,3-5H2,(H,16,17,19)/t7-,8-,10+,11+/m0/s1. The number of fused-ring (bicyclic) bond motifs is 5. The third kappa shape index (κ3) is 1.98. The first kappa shape index (κ1) is 13.6. The second-order valence-corrected chi connectivity index (χ2v) is 6.70. The highest BCUT2D eigenvalue weighted by molar-refractivity contribution is 7.13. The first-order valence-corrected chi connectivity index (χ1v) is 8.12. The van der Waals surface area contributed by atoms with Crippen LogP contribution in [0, 0.1) is 23.7 Å². The van der Waals surface area contributed by atoms with Gasteiger partial charge in [0.2, 0.25) is 22.9 Å². The maximum absolute atomic E-state index is 12.4. The molecule has 114 valence electrons. The summed E-state index contributed by atoms with van der Waals surface area (Å²) in [4.78, 5) is 38.0. The lowest BCUT2D eigenvalue weighted by Gasteiger charge is -2.16. The molecule has 4 rings (SSSR count). The lowest BCUT2D eigenvalue weighted by molar-refractivity contribution is -0.140. The summed E-state index contributed by atoms with van der Waals surface area (Å²) in [5.74, 6) is -0.498. The van der Waals surface area contributed by atoms with Crippen LogP contribution in [0.3, 0.4) is 0 Å². The van der Waals surface area contributed by atoms with E-state index in [2.05, 4.69) is 27.7 Å². The van der Waals surface area contributed by atoms with Crippen molar-refractivity contribution in [1.82, 2.24) is 15.1 Å². The van der Waals surface area contributed by atoms with Gasteiger partial charge in [-0.05, 0) is 18.3 Å². The number of imide groups is 1. The van der Waals surface area contributed by atoms with E-state index in [0.29, 0.717) is 5.13 Å². The fraction of sp³-hybridized carbons (Fsp3) is 0.500. The van der Waals surface area contributed by atoms with Gasteiger partial charge in [-0.25, -0.2) is 0 Å². The number of anilines is 1. The Morgan fingerprint density at radius 3 is 2.55 bits per heavy atom. The van der Waals surface area contributed by atoms with Gasteiger partial charge in [0, 0.05) is 13.0 Å². The number of hydrogen-bond donors (Lipinski definition) is 1. The second-order valence-electron chi connectivity index (χ2n) is 5.87. The molecule has 3 amide bonds. The van der Waals surface area contributed by atoms with E-state index in [1.165, 1.54) is 21.7 Å². The summed E-state index contributed by atoms with van der Waals surface area (Å²) in [6.45, 7) is 0.134. The molecule has 0 unspecified atom stereocenters. The lowest BCUT2D eigenvalue weighted by atomic mass is 9.85. The van der Waals surface area contributed by atoms with Gasteiger partial charge in [0.05, 0.1) is 11.8 Å². The molecule has 1 saturated heterocycles. The third-order valence-electron chi connectivity index (χ3n) is 4.73. The predicted molar refractivity (Wildman–Crippen MR) is 77.6 cm³/mol. The molecule has 1 saturated carbocycles. The summed E-state index contributed by atoms with van der Waals surface area (Å²) in [6.07, 6.45) is 5.11. The van der Waals surface area contributed by atoms with Crippen LogP contribution in [0.2, 0.25) is 0 Å². The average Bonchev–Trinajstić information content (AvgIpc) is 3.24. The maximum atomic E-state index is 12.4. The number of nitrogens with one attached hydrogen (secondary N) is 1. The van der Waals surface area contributed by atoms with Crippen molar-refractivity contribution in [3.63, 3.8) is 0 Å². The molecule has 2 heterocycles. The minimum atomic E-state index is -0.268. The molecule has 2 fully saturated rings. The van der Waals surface area contributed by atoms with E-state index in [9.17, 15) is 14.4 Å². The van der Waals surface area contributed by atoms with Gasteiger partial charge in [0.1, 0.15) is 5.51 Å². The smallest absolute Gasteiger partial charge is 0.233 e. The van der Waals surface area contributed by atoms with Crippen molar-refractivity contribution in [2.24, 2.45) is 23.7 Å². The van der Waals surface area contributed by atoms with Crippen LogP contribution < -0.4 is 5.32 Å². The SMILES string of the molecule is O=C(CCN1C(=O)[C@H]2[C@H](C1=O)[C@H]1C=C[C@H]2C1)Nc1nncs1. The quantitative estimate of drug-likeness (QED) is 0.651. The summed E-state index contributed by atoms with van der Waals surface area (Å²) in [6, 6.07) is 0. The zero-order valence-corrected chi connectivity index (χ0v) is 12.5. The van der Waals surface area contributed by atoms with Crippen LogP contribution >= 0.6 is 11.3 Å². The van der Waals surface area contributed by atoms with Crippen molar-refractivity contribution >= 4 is 34.2 Å². The topological polar surface area (TPSA) is 92.3 Å². The van der Waals surface area contributed by atoms with Crippen LogP contribution in [-0.4, -0.2) is 39.4 Å². The van der Waals surface area contributed by atoms with Crippen LogP contribution in [0.15, 0.2) is 17.7 Å². The molecule has 2 aliphatic carbocycles. The molecule has 0 spiro atoms. The van der Waals surface area contributed by atoms with Gasteiger partial charge < -0.3 is 5.32 Å². The monoisotopic (exact) mass is 318 g/mol. The van der Waals surface area contributed by atoms with Gasteiger partial charge in [0.25, 0.3) is 0 Å². The molecule has 8 heteroatoms. The highest BCUT2D eigenvalue weighted by atomic mass is 32.1. The number of carbonyl (C=O) groups is 3. The van der Waals surface area contributed by atoms with E-state index in [-0.39, 0.29) is 54.4 Å². The fourth-order valence-corrected chi connectivity index (χ4v) is 4.27. The zero-order chi connectivity index (χ0) is 15.3. The first-order chi connectivity index (χ1) is 10.6. The number of rotatable bonds is 4. The van der Waals surface area contributed by atoms with Crippen LogP contribution in [0.5, 0.6) is 0 Å². The van der Waals surface area contributed by atoms with Crippen molar-refractivity contribution in [2.45, 2.75) is 12.8 Å². The number of carbonyl (C=O) groups excluding carboxylic acids is 3. The molecule has 1 N–H and O–H groups in total. The predicted octanol–water partition coefficient (Wildman–Crippen LogP) is 0.674. The minimum Gasteiger partial charge on any atom is -0.300 e. The summed E-state index contributed by atoms with van der Waals surface area (Å²) in [5.41, 5.74) is 1.52. The molecule has 2 bridgehead atoms. The van der Waals surface area contributed by atoms with Crippen LogP contribution in [0.1, 0.15) is 12.8 Å². The number of aromatic nitrogens is 2. The van der Waals surface area contributed by atoms with E-state index in [1.54, 1.807) is 0 Å². The van der Waals surface area contributed by atoms with Gasteiger partial charge in [-0.2, -0.15) is 0 Å². The fourth-order valence-electron chi connectivity index (χ4n) is 3.81. The molecule has 1 aromatic rings. The van der Waals surface area contributed by atoms with Gasteiger partial charge in [0.15, 0.2) is 0 Å². The van der Waals surface area contributed by atoms with Gasteiger partial charge in [-0.15, -0.1) is 10.2 Å². The second kappa shape index (κ2) is 4.98. The third-order valence-corrected chi connectivity index (χ3v) is 5.34. The van der Waals surface area contributed by atoms with Crippen LogP contribution in [-0.2, 0) is 14.4 Å². The van der Waals surface area contributed by atoms with E-state index in [0.717, 1.165) is 6.42 Å². The Morgan fingerprint density at radius 2 is 1.95 bits per heavy atom. The molecular weight excluding hydrogens is 304 g/mol. The Bertz CT molecular complexity index is 642. The van der Waals surface area contributed by atoms with Crippen molar-refractivity contribution in [2.75, 3.05) is 11.9 Å². The van der Waals surface area contributed by atoms with E-state index < -0.39 is 0 Å². The maximum Gasteiger partial charge on any atom is 0.233 e. The molecule has 22 heavy (non-hydrogen) atoms. The molecule has 3 aliphatic rings. The van der Waals surface area contributed by atoms with Gasteiger partial charge in [-0.3, -0.25) is 19.3 Å². The summed E-state index contributed by atoms with van der Waals surface area (Å²) < 4.78 is 0. The Balaban J connectivity index is 1.39. The summed E-state index contributed by atoms with van der Waals surface area (Å²) >= 11 is 1.22. The van der Waals surface area contributed by atoms with E-state index in [1.807, 2.05) is 0 Å². The normalized spacial score (nSPS) is 31.9. The number of hydrogen-bond acceptors (Lipinski definition) is 6. The number of nitrogens with zero attached hydrogens (tertiary/aromatic N) is 3. The highest BCUT2D eigenvalue weighted by Gasteiger charge is 2.58. The minimum absolute atomic E-state index is 0.0826. The Kier molecular flexibility index (Phi) is 3.07. The highest BCUT2D eigenvalue weighted by Crippen LogP contribution is 2.52. The van der Waals surface area contributed by atoms with Crippen LogP contribution in [0.4, 0.5) is 5.13 Å². The molecular formula is C14H14N4O3S.